The summed E-state index contributed by atoms with van der Waals surface area (Å²) in [6.07, 6.45) is 0. The molecule has 0 saturated carbocycles. The maximum absolute atomic E-state index is 12.7. The van der Waals surface area contributed by atoms with Crippen molar-refractivity contribution in [1.82, 2.24) is 9.13 Å². The Labute approximate surface area is 135 Å². The molecule has 2 N–H and O–H groups in total. The van der Waals surface area contributed by atoms with Gasteiger partial charge in [0.2, 0.25) is 5.91 Å². The standard InChI is InChI=1S/C16H12ClN3O3/c17-10-4-3-5-11(8-10)20-15(22)12-6-1-2-7-13(12)19(16(20)23)9-14(18)21/h1-8H,9H2,(H2,18,21). The van der Waals surface area contributed by atoms with Gasteiger partial charge >= 0.3 is 5.69 Å². The average molecular weight is 330 g/mol. The van der Waals surface area contributed by atoms with Gasteiger partial charge in [0.25, 0.3) is 5.56 Å². The Morgan fingerprint density at radius 1 is 1.09 bits per heavy atom. The molecule has 1 aromatic heterocycles. The average Bonchev–Trinajstić information content (AvgIpc) is 2.51. The number of rotatable bonds is 3. The first-order valence-electron chi connectivity index (χ1n) is 6.78. The zero-order valence-corrected chi connectivity index (χ0v) is 12.7. The molecule has 0 aliphatic heterocycles. The van der Waals surface area contributed by atoms with Gasteiger partial charge in [-0.15, -0.1) is 0 Å². The fraction of sp³-hybridized carbons (Fsp3) is 0.0625. The van der Waals surface area contributed by atoms with Gasteiger partial charge in [-0.25, -0.2) is 9.36 Å². The van der Waals surface area contributed by atoms with Crippen LogP contribution >= 0.6 is 11.6 Å². The van der Waals surface area contributed by atoms with Crippen LogP contribution in [0.1, 0.15) is 0 Å². The summed E-state index contributed by atoms with van der Waals surface area (Å²) < 4.78 is 2.16. The largest absolute Gasteiger partial charge is 0.368 e. The maximum Gasteiger partial charge on any atom is 0.336 e. The van der Waals surface area contributed by atoms with Crippen molar-refractivity contribution in [2.75, 3.05) is 0 Å². The van der Waals surface area contributed by atoms with E-state index in [1.807, 2.05) is 0 Å². The van der Waals surface area contributed by atoms with E-state index in [1.54, 1.807) is 42.5 Å². The Bertz CT molecular complexity index is 1040. The fourth-order valence-electron chi connectivity index (χ4n) is 2.47. The van der Waals surface area contributed by atoms with E-state index in [0.717, 1.165) is 4.57 Å². The van der Waals surface area contributed by atoms with Crippen LogP contribution < -0.4 is 17.0 Å². The molecule has 2 aromatic carbocycles. The summed E-state index contributed by atoms with van der Waals surface area (Å²) in [5.74, 6) is -0.673. The number of nitrogens with two attached hydrogens (primary N) is 1. The number of carbonyl (C=O) groups is 1. The van der Waals surface area contributed by atoms with E-state index in [1.165, 1.54) is 10.6 Å². The number of amides is 1. The number of carbonyl (C=O) groups excluding carboxylic acids is 1. The first kappa shape index (κ1) is 15.1. The minimum Gasteiger partial charge on any atom is -0.368 e. The predicted octanol–water partition coefficient (Wildman–Crippen LogP) is 1.29. The van der Waals surface area contributed by atoms with E-state index in [2.05, 4.69) is 0 Å². The van der Waals surface area contributed by atoms with Crippen molar-refractivity contribution in [2.24, 2.45) is 5.73 Å². The summed E-state index contributed by atoms with van der Waals surface area (Å²) in [6, 6.07) is 12.9. The number of aromatic nitrogens is 2. The molecule has 0 atom stereocenters. The highest BCUT2D eigenvalue weighted by Crippen LogP contribution is 2.14. The van der Waals surface area contributed by atoms with Gasteiger partial charge in [0.15, 0.2) is 0 Å². The van der Waals surface area contributed by atoms with Gasteiger partial charge < -0.3 is 5.73 Å². The maximum atomic E-state index is 12.7. The second-order valence-electron chi connectivity index (χ2n) is 4.97. The molecule has 0 radical (unpaired) electrons. The Morgan fingerprint density at radius 2 is 1.83 bits per heavy atom. The van der Waals surface area contributed by atoms with E-state index in [-0.39, 0.29) is 6.54 Å². The molecule has 0 aliphatic rings. The lowest BCUT2D eigenvalue weighted by Gasteiger charge is -2.13. The highest BCUT2D eigenvalue weighted by molar-refractivity contribution is 6.30. The van der Waals surface area contributed by atoms with Gasteiger partial charge in [-0.1, -0.05) is 29.8 Å². The van der Waals surface area contributed by atoms with Gasteiger partial charge in [0.05, 0.1) is 16.6 Å². The van der Waals surface area contributed by atoms with Crippen molar-refractivity contribution in [3.63, 3.8) is 0 Å². The number of benzene rings is 2. The monoisotopic (exact) mass is 329 g/mol. The number of para-hydroxylation sites is 1. The minimum absolute atomic E-state index is 0.313. The quantitative estimate of drug-likeness (QED) is 0.785. The smallest absolute Gasteiger partial charge is 0.336 e. The summed E-state index contributed by atoms with van der Waals surface area (Å²) in [7, 11) is 0. The Kier molecular flexibility index (Phi) is 3.75. The van der Waals surface area contributed by atoms with Crippen LogP contribution in [0.4, 0.5) is 0 Å². The molecule has 1 amide bonds. The molecule has 0 bridgehead atoms. The molecule has 6 nitrogen and oxygen atoms in total. The van der Waals surface area contributed by atoms with E-state index in [4.69, 9.17) is 17.3 Å². The third-order valence-electron chi connectivity index (χ3n) is 3.43. The lowest BCUT2D eigenvalue weighted by Crippen LogP contribution is -2.41. The van der Waals surface area contributed by atoms with Gasteiger partial charge in [0.1, 0.15) is 6.54 Å². The number of hydrogen-bond donors (Lipinski definition) is 1. The minimum atomic E-state index is -0.673. The highest BCUT2D eigenvalue weighted by Gasteiger charge is 2.15. The Morgan fingerprint density at radius 3 is 2.52 bits per heavy atom. The van der Waals surface area contributed by atoms with Crippen LogP contribution in [-0.2, 0) is 11.3 Å². The van der Waals surface area contributed by atoms with Crippen LogP contribution in [0.3, 0.4) is 0 Å². The molecule has 1 heterocycles. The third kappa shape index (κ3) is 2.64. The lowest BCUT2D eigenvalue weighted by molar-refractivity contribution is -0.118. The highest BCUT2D eigenvalue weighted by atomic mass is 35.5. The fourth-order valence-corrected chi connectivity index (χ4v) is 2.66. The number of halogens is 1. The molecule has 3 aromatic rings. The molecule has 0 aliphatic carbocycles. The number of hydrogen-bond acceptors (Lipinski definition) is 3. The summed E-state index contributed by atoms with van der Waals surface area (Å²) in [5.41, 5.74) is 4.80. The number of fused-ring (bicyclic) bond motifs is 1. The molecular weight excluding hydrogens is 318 g/mol. The molecule has 116 valence electrons. The van der Waals surface area contributed by atoms with Gasteiger partial charge in [-0.3, -0.25) is 14.2 Å². The molecule has 0 fully saturated rings. The van der Waals surface area contributed by atoms with Crippen molar-refractivity contribution < 1.29 is 4.79 Å². The number of primary amides is 1. The van der Waals surface area contributed by atoms with Gasteiger partial charge in [-0.05, 0) is 30.3 Å². The Balaban J connectivity index is 2.46. The summed E-state index contributed by atoms with van der Waals surface area (Å²) >= 11 is 5.94. The van der Waals surface area contributed by atoms with Crippen LogP contribution in [0.15, 0.2) is 58.1 Å². The van der Waals surface area contributed by atoms with Crippen LogP contribution in [0.5, 0.6) is 0 Å². The topological polar surface area (TPSA) is 87.1 Å². The summed E-state index contributed by atoms with van der Waals surface area (Å²) in [5, 5.41) is 0.705. The Hall–Kier alpha value is -2.86. The van der Waals surface area contributed by atoms with Crippen molar-refractivity contribution in [2.45, 2.75) is 6.54 Å². The number of nitrogens with zero attached hydrogens (tertiary/aromatic N) is 2. The molecule has 3 rings (SSSR count). The van der Waals surface area contributed by atoms with Gasteiger partial charge in [0, 0.05) is 5.02 Å². The molecule has 0 spiro atoms. The second kappa shape index (κ2) is 5.73. The molecule has 23 heavy (non-hydrogen) atoms. The van der Waals surface area contributed by atoms with E-state index in [9.17, 15) is 14.4 Å². The molecular formula is C16H12ClN3O3. The summed E-state index contributed by atoms with van der Waals surface area (Å²) in [4.78, 5) is 36.7. The zero-order chi connectivity index (χ0) is 16.6. The SMILES string of the molecule is NC(=O)Cn1c(=O)n(-c2cccc(Cl)c2)c(=O)c2ccccc21. The lowest BCUT2D eigenvalue weighted by atomic mass is 10.2. The first-order chi connectivity index (χ1) is 11.0. The predicted molar refractivity (Wildman–Crippen MR) is 88.0 cm³/mol. The zero-order valence-electron chi connectivity index (χ0n) is 11.9. The molecule has 0 unspecified atom stereocenters. The normalized spacial score (nSPS) is 10.8. The van der Waals surface area contributed by atoms with Crippen LogP contribution in [0.25, 0.3) is 16.6 Å². The summed E-state index contributed by atoms with van der Waals surface area (Å²) in [6.45, 7) is -0.319. The van der Waals surface area contributed by atoms with Crippen LogP contribution in [0, 0.1) is 0 Å². The van der Waals surface area contributed by atoms with Crippen molar-refractivity contribution in [1.29, 1.82) is 0 Å². The van der Waals surface area contributed by atoms with Crippen molar-refractivity contribution >= 4 is 28.4 Å². The van der Waals surface area contributed by atoms with E-state index >= 15 is 0 Å². The van der Waals surface area contributed by atoms with Crippen molar-refractivity contribution in [3.8, 4) is 5.69 Å². The molecule has 0 saturated heterocycles. The van der Waals surface area contributed by atoms with E-state index < -0.39 is 17.2 Å². The first-order valence-corrected chi connectivity index (χ1v) is 7.15. The van der Waals surface area contributed by atoms with Gasteiger partial charge in [-0.2, -0.15) is 0 Å². The van der Waals surface area contributed by atoms with Crippen LogP contribution in [0.2, 0.25) is 5.02 Å². The van der Waals surface area contributed by atoms with E-state index in [0.29, 0.717) is 21.6 Å². The van der Waals surface area contributed by atoms with Crippen molar-refractivity contribution in [3.05, 3.63) is 74.4 Å². The van der Waals surface area contributed by atoms with Crippen LogP contribution in [-0.4, -0.2) is 15.0 Å². The molecule has 7 heteroatoms. The third-order valence-corrected chi connectivity index (χ3v) is 3.67. The second-order valence-corrected chi connectivity index (χ2v) is 5.41.